The normalized spacial score (nSPS) is 32.6. The number of carbonyl (C=O) groups excluding carboxylic acids is 2. The minimum Gasteiger partial charge on any atom is -0.355 e. The molecule has 150 valence electrons. The summed E-state index contributed by atoms with van der Waals surface area (Å²) in [5, 5.41) is 6.21. The molecule has 4 nitrogen and oxygen atoms in total. The number of carbonyl (C=O) groups is 2. The van der Waals surface area contributed by atoms with Gasteiger partial charge in [-0.1, -0.05) is 12.1 Å². The molecule has 0 unspecified atom stereocenters. The van der Waals surface area contributed by atoms with Gasteiger partial charge in [-0.3, -0.25) is 9.59 Å². The first-order chi connectivity index (χ1) is 13.6. The molecule has 5 aliphatic carbocycles. The Morgan fingerprint density at radius 3 is 2.36 bits per heavy atom. The van der Waals surface area contributed by atoms with Gasteiger partial charge in [0.1, 0.15) is 0 Å². The first-order valence-electron chi connectivity index (χ1n) is 11.3. The Balaban J connectivity index is 1.15. The van der Waals surface area contributed by atoms with Crippen LogP contribution in [0.5, 0.6) is 0 Å². The molecule has 0 spiro atoms. The number of hydrogen-bond donors (Lipinski definition) is 2. The molecule has 0 aromatic heterocycles. The highest BCUT2D eigenvalue weighted by Gasteiger charge is 2.54. The fourth-order valence-electron chi connectivity index (χ4n) is 6.98. The highest BCUT2D eigenvalue weighted by molar-refractivity contribution is 5.92. The number of benzene rings is 1. The first-order valence-corrected chi connectivity index (χ1v) is 11.3. The molecule has 4 bridgehead atoms. The summed E-state index contributed by atoms with van der Waals surface area (Å²) in [4.78, 5) is 25.5. The number of hydrogen-bond acceptors (Lipinski definition) is 2. The Morgan fingerprint density at radius 2 is 1.64 bits per heavy atom. The SMILES string of the molecule is O=C(CCNC(=O)C12CC3CC(CC(C3)C1)C2)Nc1cccc2c1CCCC2. The molecule has 28 heavy (non-hydrogen) atoms. The Morgan fingerprint density at radius 1 is 0.964 bits per heavy atom. The van der Waals surface area contributed by atoms with E-state index in [1.54, 1.807) is 0 Å². The molecule has 0 atom stereocenters. The number of fused-ring (bicyclic) bond motifs is 1. The Kier molecular flexibility index (Phi) is 4.68. The Labute approximate surface area is 167 Å². The largest absolute Gasteiger partial charge is 0.355 e. The zero-order valence-electron chi connectivity index (χ0n) is 16.8. The summed E-state index contributed by atoms with van der Waals surface area (Å²) in [6, 6.07) is 6.22. The van der Waals surface area contributed by atoms with Gasteiger partial charge in [-0.15, -0.1) is 0 Å². The minimum absolute atomic E-state index is 0.00443. The molecule has 4 saturated carbocycles. The van der Waals surface area contributed by atoms with Crippen molar-refractivity contribution in [1.29, 1.82) is 0 Å². The summed E-state index contributed by atoms with van der Waals surface area (Å²) in [6.07, 6.45) is 12.2. The summed E-state index contributed by atoms with van der Waals surface area (Å²) >= 11 is 0. The van der Waals surface area contributed by atoms with Crippen molar-refractivity contribution in [2.75, 3.05) is 11.9 Å². The Hall–Kier alpha value is -1.84. The lowest BCUT2D eigenvalue weighted by Gasteiger charge is -2.55. The summed E-state index contributed by atoms with van der Waals surface area (Å²) in [5.41, 5.74) is 3.53. The van der Waals surface area contributed by atoms with Crippen molar-refractivity contribution >= 4 is 17.5 Å². The molecular formula is C24H32N2O2. The lowest BCUT2D eigenvalue weighted by Crippen LogP contribution is -2.53. The molecule has 0 heterocycles. The topological polar surface area (TPSA) is 58.2 Å². The van der Waals surface area contributed by atoms with Gasteiger partial charge >= 0.3 is 0 Å². The monoisotopic (exact) mass is 380 g/mol. The van der Waals surface area contributed by atoms with Crippen LogP contribution in [0.3, 0.4) is 0 Å². The maximum Gasteiger partial charge on any atom is 0.226 e. The number of amides is 2. The first kappa shape index (κ1) is 18.2. The third-order valence-electron chi connectivity index (χ3n) is 7.83. The molecule has 0 saturated heterocycles. The Bertz CT molecular complexity index is 750. The second-order valence-corrected chi connectivity index (χ2v) is 9.90. The number of rotatable bonds is 5. The smallest absolute Gasteiger partial charge is 0.226 e. The number of nitrogens with one attached hydrogen (secondary N) is 2. The van der Waals surface area contributed by atoms with E-state index in [4.69, 9.17) is 0 Å². The molecule has 0 radical (unpaired) electrons. The van der Waals surface area contributed by atoms with Crippen molar-refractivity contribution in [1.82, 2.24) is 5.32 Å². The van der Waals surface area contributed by atoms with Crippen LogP contribution in [0.15, 0.2) is 18.2 Å². The molecule has 0 aliphatic heterocycles. The van der Waals surface area contributed by atoms with Crippen molar-refractivity contribution in [3.63, 3.8) is 0 Å². The lowest BCUT2D eigenvalue weighted by molar-refractivity contribution is -0.146. The summed E-state index contributed by atoms with van der Waals surface area (Å²) in [5.74, 6) is 2.53. The van der Waals surface area contributed by atoms with E-state index < -0.39 is 0 Å². The van der Waals surface area contributed by atoms with E-state index in [0.717, 1.165) is 55.5 Å². The van der Waals surface area contributed by atoms with Crippen LogP contribution in [-0.2, 0) is 22.4 Å². The third kappa shape index (κ3) is 3.35. The van der Waals surface area contributed by atoms with Crippen LogP contribution in [0.2, 0.25) is 0 Å². The third-order valence-corrected chi connectivity index (χ3v) is 7.83. The van der Waals surface area contributed by atoms with Crippen LogP contribution >= 0.6 is 0 Å². The molecular weight excluding hydrogens is 348 g/mol. The highest BCUT2D eigenvalue weighted by atomic mass is 16.2. The predicted molar refractivity (Wildman–Crippen MR) is 110 cm³/mol. The van der Waals surface area contributed by atoms with Crippen LogP contribution in [0.1, 0.15) is 68.9 Å². The molecule has 4 heteroatoms. The van der Waals surface area contributed by atoms with Gasteiger partial charge in [0.05, 0.1) is 0 Å². The maximum atomic E-state index is 13.0. The van der Waals surface area contributed by atoms with Crippen LogP contribution < -0.4 is 10.6 Å². The molecule has 1 aromatic rings. The quantitative estimate of drug-likeness (QED) is 0.803. The van der Waals surface area contributed by atoms with Gasteiger partial charge in [0, 0.05) is 24.1 Å². The van der Waals surface area contributed by atoms with E-state index in [1.807, 2.05) is 12.1 Å². The van der Waals surface area contributed by atoms with Gasteiger partial charge < -0.3 is 10.6 Å². The minimum atomic E-state index is -0.121. The van der Waals surface area contributed by atoms with E-state index in [-0.39, 0.29) is 17.2 Å². The lowest BCUT2D eigenvalue weighted by atomic mass is 9.49. The van der Waals surface area contributed by atoms with Crippen molar-refractivity contribution in [3.8, 4) is 0 Å². The second kappa shape index (κ2) is 7.20. The fourth-order valence-corrected chi connectivity index (χ4v) is 6.98. The molecule has 2 N–H and O–H groups in total. The average Bonchev–Trinajstić information content (AvgIpc) is 2.67. The van der Waals surface area contributed by atoms with Crippen molar-refractivity contribution < 1.29 is 9.59 Å². The van der Waals surface area contributed by atoms with Gasteiger partial charge in [-0.05, 0) is 99.2 Å². The van der Waals surface area contributed by atoms with Gasteiger partial charge in [-0.2, -0.15) is 0 Å². The zero-order chi connectivity index (χ0) is 19.1. The van der Waals surface area contributed by atoms with E-state index in [2.05, 4.69) is 16.7 Å². The fraction of sp³-hybridized carbons (Fsp3) is 0.667. The van der Waals surface area contributed by atoms with E-state index in [9.17, 15) is 9.59 Å². The molecule has 6 rings (SSSR count). The van der Waals surface area contributed by atoms with Crippen LogP contribution in [0.4, 0.5) is 5.69 Å². The summed E-state index contributed by atoms with van der Waals surface area (Å²) in [7, 11) is 0. The van der Waals surface area contributed by atoms with E-state index in [1.165, 1.54) is 43.2 Å². The summed E-state index contributed by atoms with van der Waals surface area (Å²) in [6.45, 7) is 0.446. The van der Waals surface area contributed by atoms with Crippen molar-refractivity contribution in [2.24, 2.45) is 23.2 Å². The number of anilines is 1. The predicted octanol–water partition coefficient (Wildman–Crippen LogP) is 4.23. The van der Waals surface area contributed by atoms with Crippen LogP contribution in [0.25, 0.3) is 0 Å². The maximum absolute atomic E-state index is 13.0. The average molecular weight is 381 g/mol. The molecule has 4 fully saturated rings. The van der Waals surface area contributed by atoms with Gasteiger partial charge in [0.15, 0.2) is 0 Å². The summed E-state index contributed by atoms with van der Waals surface area (Å²) < 4.78 is 0. The zero-order valence-corrected chi connectivity index (χ0v) is 16.8. The van der Waals surface area contributed by atoms with Gasteiger partial charge in [0.25, 0.3) is 0 Å². The molecule has 5 aliphatic rings. The molecule has 1 aromatic carbocycles. The van der Waals surface area contributed by atoms with Crippen LogP contribution in [0, 0.1) is 23.2 Å². The molecule has 2 amide bonds. The van der Waals surface area contributed by atoms with Crippen molar-refractivity contribution in [2.45, 2.75) is 70.6 Å². The highest BCUT2D eigenvalue weighted by Crippen LogP contribution is 2.60. The van der Waals surface area contributed by atoms with Crippen LogP contribution in [-0.4, -0.2) is 18.4 Å². The number of aryl methyl sites for hydroxylation is 1. The van der Waals surface area contributed by atoms with Gasteiger partial charge in [0.2, 0.25) is 11.8 Å². The standard InChI is InChI=1S/C24H32N2O2/c27-22(26-21-7-3-5-19-4-1-2-6-20(19)21)8-9-25-23(28)24-13-16-10-17(14-24)12-18(11-16)15-24/h3,5,7,16-18H,1-2,4,6,8-15H2,(H,25,28)(H,26,27). The second-order valence-electron chi connectivity index (χ2n) is 9.90. The van der Waals surface area contributed by atoms with Crippen molar-refractivity contribution in [3.05, 3.63) is 29.3 Å². The van der Waals surface area contributed by atoms with E-state index >= 15 is 0 Å². The van der Waals surface area contributed by atoms with E-state index in [0.29, 0.717) is 13.0 Å². The van der Waals surface area contributed by atoms with Gasteiger partial charge in [-0.25, -0.2) is 0 Å².